The Kier molecular flexibility index (Phi) is 5.41. The molecule has 0 amide bonds. The van der Waals surface area contributed by atoms with Gasteiger partial charge in [0.2, 0.25) is 10.0 Å². The molecule has 1 saturated heterocycles. The van der Waals surface area contributed by atoms with Crippen molar-refractivity contribution in [1.29, 1.82) is 5.26 Å². The number of anilines is 1. The first-order valence-corrected chi connectivity index (χ1v) is 12.2. The van der Waals surface area contributed by atoms with Crippen molar-refractivity contribution in [3.8, 4) is 17.2 Å². The second kappa shape index (κ2) is 8.27. The molecule has 0 radical (unpaired) electrons. The number of hydrogen-bond donors (Lipinski definition) is 2. The molecule has 0 spiro atoms. The van der Waals surface area contributed by atoms with Gasteiger partial charge in [-0.2, -0.15) is 9.57 Å². The van der Waals surface area contributed by atoms with Crippen LogP contribution in [0.4, 0.5) is 10.1 Å². The van der Waals surface area contributed by atoms with Gasteiger partial charge in [-0.05, 0) is 65.6 Å². The van der Waals surface area contributed by atoms with Crippen LogP contribution < -0.4 is 5.32 Å². The highest BCUT2D eigenvalue weighted by Gasteiger charge is 2.48. The Morgan fingerprint density at radius 2 is 1.88 bits per heavy atom. The van der Waals surface area contributed by atoms with Gasteiger partial charge in [0, 0.05) is 18.2 Å². The third kappa shape index (κ3) is 3.68. The van der Waals surface area contributed by atoms with E-state index in [1.54, 1.807) is 12.1 Å². The summed E-state index contributed by atoms with van der Waals surface area (Å²) in [5.74, 6) is -0.739. The largest absolute Gasteiger partial charge is 0.394 e. The third-order valence-electron chi connectivity index (χ3n) is 6.55. The Morgan fingerprint density at radius 3 is 2.64 bits per heavy atom. The van der Waals surface area contributed by atoms with Crippen LogP contribution in [0.25, 0.3) is 11.1 Å². The molecule has 2 aliphatic heterocycles. The van der Waals surface area contributed by atoms with Gasteiger partial charge in [0.1, 0.15) is 5.82 Å². The van der Waals surface area contributed by atoms with Gasteiger partial charge in [0.05, 0.1) is 35.2 Å². The number of sulfonamides is 1. The van der Waals surface area contributed by atoms with Crippen LogP contribution in [-0.2, 0) is 10.0 Å². The Morgan fingerprint density at radius 1 is 1.09 bits per heavy atom. The number of aliphatic hydroxyl groups excluding tert-OH is 1. The van der Waals surface area contributed by atoms with Crippen molar-refractivity contribution in [3.63, 3.8) is 0 Å². The molecule has 33 heavy (non-hydrogen) atoms. The molecule has 5 rings (SSSR count). The fourth-order valence-electron chi connectivity index (χ4n) is 5.00. The standard InChI is InChI=1S/C25H22FN3O3S/c26-19-5-2-6-20(13-19)33(31,32)29-10-9-21-24(15-30)28-23-8-7-18(12-22(23)25(21)29)17-4-1-3-16(11-17)14-27/h1-8,11-13,21,24-25,28,30H,9-10,15H2/t21-,24+,25-/m1/s1. The minimum absolute atomic E-state index is 0.0818. The zero-order valence-corrected chi connectivity index (χ0v) is 18.5. The van der Waals surface area contributed by atoms with Gasteiger partial charge < -0.3 is 10.4 Å². The summed E-state index contributed by atoms with van der Waals surface area (Å²) in [6.45, 7) is 0.153. The van der Waals surface area contributed by atoms with Gasteiger partial charge in [-0.25, -0.2) is 12.8 Å². The van der Waals surface area contributed by atoms with Crippen LogP contribution in [0.5, 0.6) is 0 Å². The van der Waals surface area contributed by atoms with Crippen LogP contribution in [-0.4, -0.2) is 37.0 Å². The van der Waals surface area contributed by atoms with Gasteiger partial charge in [0.15, 0.2) is 0 Å². The predicted octanol–water partition coefficient (Wildman–Crippen LogP) is 3.90. The van der Waals surface area contributed by atoms with Crippen molar-refractivity contribution in [3.05, 3.63) is 83.7 Å². The van der Waals surface area contributed by atoms with Crippen molar-refractivity contribution in [2.24, 2.45) is 5.92 Å². The highest BCUT2D eigenvalue weighted by molar-refractivity contribution is 7.89. The summed E-state index contributed by atoms with van der Waals surface area (Å²) < 4.78 is 42.3. The normalized spacial score (nSPS) is 22.2. The minimum Gasteiger partial charge on any atom is -0.394 e. The summed E-state index contributed by atoms with van der Waals surface area (Å²) in [4.78, 5) is -0.0818. The highest BCUT2D eigenvalue weighted by Crippen LogP contribution is 2.49. The smallest absolute Gasteiger partial charge is 0.243 e. The molecule has 0 unspecified atom stereocenters. The van der Waals surface area contributed by atoms with E-state index in [1.165, 1.54) is 22.5 Å². The van der Waals surface area contributed by atoms with Gasteiger partial charge >= 0.3 is 0 Å². The summed E-state index contributed by atoms with van der Waals surface area (Å²) in [6.07, 6.45) is 0.574. The van der Waals surface area contributed by atoms with E-state index in [0.29, 0.717) is 12.0 Å². The Hall–Kier alpha value is -3.25. The molecular formula is C25H22FN3O3S. The van der Waals surface area contributed by atoms with Crippen LogP contribution in [0, 0.1) is 23.1 Å². The lowest BCUT2D eigenvalue weighted by atomic mass is 9.82. The Bertz CT molecular complexity index is 1370. The van der Waals surface area contributed by atoms with Gasteiger partial charge in [-0.15, -0.1) is 0 Å². The lowest BCUT2D eigenvalue weighted by Gasteiger charge is -2.39. The van der Waals surface area contributed by atoms with E-state index < -0.39 is 21.9 Å². The zero-order chi connectivity index (χ0) is 23.2. The average Bonchev–Trinajstić information content (AvgIpc) is 3.30. The maximum Gasteiger partial charge on any atom is 0.243 e. The summed E-state index contributed by atoms with van der Waals surface area (Å²) in [7, 11) is -3.95. The van der Waals surface area contributed by atoms with E-state index in [1.807, 2.05) is 30.3 Å². The molecule has 2 aliphatic rings. The van der Waals surface area contributed by atoms with E-state index in [4.69, 9.17) is 0 Å². The topological polar surface area (TPSA) is 93.4 Å². The zero-order valence-electron chi connectivity index (χ0n) is 17.6. The number of aliphatic hydroxyl groups is 1. The number of hydrogen-bond acceptors (Lipinski definition) is 5. The molecule has 2 heterocycles. The van der Waals surface area contributed by atoms with Gasteiger partial charge in [0.25, 0.3) is 0 Å². The van der Waals surface area contributed by atoms with Crippen LogP contribution in [0.1, 0.15) is 23.6 Å². The molecule has 3 atom stereocenters. The first-order chi connectivity index (χ1) is 15.9. The Balaban J connectivity index is 1.62. The fourth-order valence-corrected chi connectivity index (χ4v) is 6.70. The van der Waals surface area contributed by atoms with Crippen molar-refractivity contribution in [2.45, 2.75) is 23.4 Å². The first-order valence-electron chi connectivity index (χ1n) is 10.7. The van der Waals surface area contributed by atoms with Gasteiger partial charge in [-0.1, -0.05) is 24.3 Å². The van der Waals surface area contributed by atoms with Crippen molar-refractivity contribution >= 4 is 15.7 Å². The molecule has 6 nitrogen and oxygen atoms in total. The number of rotatable bonds is 4. The molecule has 0 saturated carbocycles. The first kappa shape index (κ1) is 21.6. The van der Waals surface area contributed by atoms with Crippen molar-refractivity contribution in [1.82, 2.24) is 4.31 Å². The predicted molar refractivity (Wildman–Crippen MR) is 122 cm³/mol. The highest BCUT2D eigenvalue weighted by atomic mass is 32.2. The van der Waals surface area contributed by atoms with Crippen LogP contribution in [0.3, 0.4) is 0 Å². The summed E-state index contributed by atoms with van der Waals surface area (Å²) in [6, 6.07) is 19.4. The number of nitrogens with zero attached hydrogens (tertiary/aromatic N) is 2. The van der Waals surface area contributed by atoms with E-state index >= 15 is 0 Å². The number of halogens is 1. The molecule has 2 N–H and O–H groups in total. The average molecular weight is 464 g/mol. The molecule has 3 aromatic rings. The third-order valence-corrected chi connectivity index (χ3v) is 8.43. The monoisotopic (exact) mass is 463 g/mol. The molecule has 168 valence electrons. The molecule has 0 aromatic heterocycles. The van der Waals surface area contributed by atoms with Crippen molar-refractivity contribution < 1.29 is 17.9 Å². The van der Waals surface area contributed by atoms with E-state index in [-0.39, 0.29) is 30.0 Å². The molecular weight excluding hydrogens is 441 g/mol. The van der Waals surface area contributed by atoms with E-state index in [0.717, 1.165) is 28.4 Å². The minimum atomic E-state index is -3.95. The van der Waals surface area contributed by atoms with Crippen LogP contribution >= 0.6 is 0 Å². The van der Waals surface area contributed by atoms with E-state index in [9.17, 15) is 23.2 Å². The molecule has 1 fully saturated rings. The molecule has 8 heteroatoms. The Labute approximate surface area is 192 Å². The summed E-state index contributed by atoms with van der Waals surface area (Å²) >= 11 is 0. The SMILES string of the molecule is N#Cc1cccc(-c2ccc3c(c2)[C@H]2[C@H](CCN2S(=O)(=O)c2cccc(F)c2)[C@H](CO)N3)c1. The lowest BCUT2D eigenvalue weighted by Crippen LogP contribution is -2.42. The maximum absolute atomic E-state index is 13.8. The fraction of sp³-hybridized carbons (Fsp3) is 0.240. The second-order valence-corrected chi connectivity index (χ2v) is 10.3. The van der Waals surface area contributed by atoms with Crippen LogP contribution in [0.2, 0.25) is 0 Å². The quantitative estimate of drug-likeness (QED) is 0.612. The molecule has 0 aliphatic carbocycles. The number of nitrogens with one attached hydrogen (secondary N) is 1. The number of fused-ring (bicyclic) bond motifs is 3. The molecule has 3 aromatic carbocycles. The van der Waals surface area contributed by atoms with Crippen molar-refractivity contribution in [2.75, 3.05) is 18.5 Å². The summed E-state index contributed by atoms with van der Waals surface area (Å²) in [5, 5.41) is 22.6. The number of nitriles is 1. The number of benzene rings is 3. The maximum atomic E-state index is 13.8. The summed E-state index contributed by atoms with van der Waals surface area (Å²) in [5.41, 5.74) is 3.83. The van der Waals surface area contributed by atoms with Gasteiger partial charge in [-0.3, -0.25) is 0 Å². The lowest BCUT2D eigenvalue weighted by molar-refractivity contribution is 0.210. The molecule has 0 bridgehead atoms. The van der Waals surface area contributed by atoms with E-state index in [2.05, 4.69) is 11.4 Å². The second-order valence-electron chi connectivity index (χ2n) is 8.40. The van der Waals surface area contributed by atoms with Crippen LogP contribution in [0.15, 0.2) is 71.6 Å².